The number of pyridine rings is 1. The molecule has 0 spiro atoms. The highest BCUT2D eigenvalue weighted by atomic mass is 19.1. The predicted octanol–water partition coefficient (Wildman–Crippen LogP) is 3.84. The summed E-state index contributed by atoms with van der Waals surface area (Å²) in [6.45, 7) is 1.26. The first-order valence-corrected chi connectivity index (χ1v) is 12.2. The lowest BCUT2D eigenvalue weighted by molar-refractivity contribution is -0.132. The van der Waals surface area contributed by atoms with Crippen LogP contribution in [0.1, 0.15) is 45.6 Å². The Labute approximate surface area is 214 Å². The Hall–Kier alpha value is -3.85. The lowest BCUT2D eigenvalue weighted by Crippen LogP contribution is -2.41. The monoisotopic (exact) mass is 508 g/mol. The fraction of sp³-hybridized carbons (Fsp3) is 0.321. The van der Waals surface area contributed by atoms with E-state index in [0.717, 1.165) is 24.0 Å². The van der Waals surface area contributed by atoms with Crippen LogP contribution in [0.5, 0.6) is 0 Å². The third kappa shape index (κ3) is 6.68. The zero-order valence-electron chi connectivity index (χ0n) is 20.7. The third-order valence-electron chi connectivity index (χ3n) is 6.63. The molecule has 0 aliphatic carbocycles. The molecule has 2 aromatic carbocycles. The quantitative estimate of drug-likeness (QED) is 0.458. The van der Waals surface area contributed by atoms with E-state index >= 15 is 0 Å². The lowest BCUT2D eigenvalue weighted by Gasteiger charge is -2.31. The van der Waals surface area contributed by atoms with Gasteiger partial charge < -0.3 is 20.7 Å². The Balaban J connectivity index is 1.40. The SMILES string of the molecule is COC1CCN(C(=O)Cc2ccc(Cc3cc(NCc4c(F)cccc4F)c(C(N)=O)cn3)cc2)CC1. The molecular formula is C28H30F2N4O3. The maximum atomic E-state index is 14.0. The van der Waals surface area contributed by atoms with Crippen molar-refractivity contribution in [2.45, 2.75) is 38.3 Å². The van der Waals surface area contributed by atoms with E-state index in [1.165, 1.54) is 24.4 Å². The van der Waals surface area contributed by atoms with E-state index in [4.69, 9.17) is 10.5 Å². The number of rotatable bonds is 9. The van der Waals surface area contributed by atoms with Crippen molar-refractivity contribution in [2.24, 2.45) is 5.73 Å². The number of anilines is 1. The minimum absolute atomic E-state index is 0.105. The van der Waals surface area contributed by atoms with Gasteiger partial charge in [0.15, 0.2) is 0 Å². The molecule has 9 heteroatoms. The maximum absolute atomic E-state index is 14.0. The number of benzene rings is 2. The van der Waals surface area contributed by atoms with Crippen molar-refractivity contribution >= 4 is 17.5 Å². The normalized spacial score (nSPS) is 14.0. The summed E-state index contributed by atoms with van der Waals surface area (Å²) in [4.78, 5) is 30.7. The highest BCUT2D eigenvalue weighted by molar-refractivity contribution is 5.98. The highest BCUT2D eigenvalue weighted by Gasteiger charge is 2.22. The number of halogens is 2. The van der Waals surface area contributed by atoms with Gasteiger partial charge in [0.25, 0.3) is 5.91 Å². The summed E-state index contributed by atoms with van der Waals surface area (Å²) in [6.07, 6.45) is 4.09. The number of nitrogens with two attached hydrogens (primary N) is 1. The number of nitrogens with one attached hydrogen (secondary N) is 1. The molecule has 0 bridgehead atoms. The zero-order chi connectivity index (χ0) is 26.4. The van der Waals surface area contributed by atoms with Crippen LogP contribution in [0, 0.1) is 11.6 Å². The van der Waals surface area contributed by atoms with Crippen molar-refractivity contribution in [1.82, 2.24) is 9.88 Å². The second-order valence-electron chi connectivity index (χ2n) is 9.13. The Morgan fingerprint density at radius 3 is 2.35 bits per heavy atom. The Kier molecular flexibility index (Phi) is 8.45. The standard InChI is InChI=1S/C28H30F2N4O3/c1-37-21-9-11-34(12-10-21)27(35)14-19-7-5-18(6-8-19)13-20-15-26(23(17-32-20)28(31)36)33-16-22-24(29)3-2-4-25(22)30/h2-8,15,17,21H,9-14,16H2,1H3,(H2,31,36)(H,32,33). The van der Waals surface area contributed by atoms with E-state index in [0.29, 0.717) is 37.3 Å². The van der Waals surface area contributed by atoms with E-state index in [-0.39, 0.29) is 29.7 Å². The van der Waals surface area contributed by atoms with E-state index in [1.807, 2.05) is 29.2 Å². The number of hydrogen-bond acceptors (Lipinski definition) is 5. The Morgan fingerprint density at radius 1 is 1.08 bits per heavy atom. The zero-order valence-corrected chi connectivity index (χ0v) is 20.7. The van der Waals surface area contributed by atoms with Crippen molar-refractivity contribution in [3.63, 3.8) is 0 Å². The van der Waals surface area contributed by atoms with E-state index < -0.39 is 17.5 Å². The predicted molar refractivity (Wildman–Crippen MR) is 136 cm³/mol. The van der Waals surface area contributed by atoms with Crippen LogP contribution in [0.15, 0.2) is 54.7 Å². The van der Waals surface area contributed by atoms with Crippen molar-refractivity contribution < 1.29 is 23.1 Å². The number of nitrogens with zero attached hydrogens (tertiary/aromatic N) is 2. The number of aromatic nitrogens is 1. The second kappa shape index (κ2) is 11.9. The number of piperidine rings is 1. The van der Waals surface area contributed by atoms with Crippen molar-refractivity contribution in [3.05, 3.63) is 94.3 Å². The molecule has 3 aromatic rings. The van der Waals surface area contributed by atoms with E-state index in [1.54, 1.807) is 13.2 Å². The molecule has 1 aliphatic heterocycles. The van der Waals surface area contributed by atoms with Crippen molar-refractivity contribution in [1.29, 1.82) is 0 Å². The van der Waals surface area contributed by atoms with Crippen LogP contribution in [0.4, 0.5) is 14.5 Å². The van der Waals surface area contributed by atoms with Gasteiger partial charge in [-0.1, -0.05) is 30.3 Å². The number of carbonyl (C=O) groups excluding carboxylic acids is 2. The molecule has 1 fully saturated rings. The molecule has 2 amide bonds. The summed E-state index contributed by atoms with van der Waals surface area (Å²) >= 11 is 0. The van der Waals surface area contributed by atoms with Crippen LogP contribution in [0.3, 0.4) is 0 Å². The van der Waals surface area contributed by atoms with Gasteiger partial charge in [-0.25, -0.2) is 8.78 Å². The molecule has 194 valence electrons. The van der Waals surface area contributed by atoms with Crippen molar-refractivity contribution in [2.75, 3.05) is 25.5 Å². The van der Waals surface area contributed by atoms with E-state index in [9.17, 15) is 18.4 Å². The van der Waals surface area contributed by atoms with Gasteiger partial charge in [0.1, 0.15) is 11.6 Å². The first-order chi connectivity index (χ1) is 17.8. The molecule has 2 heterocycles. The van der Waals surface area contributed by atoms with E-state index in [2.05, 4.69) is 10.3 Å². The van der Waals surface area contributed by atoms with Gasteiger partial charge in [-0.15, -0.1) is 0 Å². The maximum Gasteiger partial charge on any atom is 0.252 e. The third-order valence-corrected chi connectivity index (χ3v) is 6.63. The first-order valence-electron chi connectivity index (χ1n) is 12.2. The lowest BCUT2D eigenvalue weighted by atomic mass is 10.0. The number of ether oxygens (including phenoxy) is 1. The fourth-order valence-electron chi connectivity index (χ4n) is 4.43. The van der Waals surface area contributed by atoms with Crippen LogP contribution >= 0.6 is 0 Å². The summed E-state index contributed by atoms with van der Waals surface area (Å²) in [5, 5.41) is 2.92. The highest BCUT2D eigenvalue weighted by Crippen LogP contribution is 2.21. The van der Waals surface area contributed by atoms with Gasteiger partial charge in [0.2, 0.25) is 5.91 Å². The topological polar surface area (TPSA) is 97.5 Å². The molecule has 1 aromatic heterocycles. The molecule has 1 saturated heterocycles. The number of likely N-dealkylation sites (tertiary alicyclic amines) is 1. The van der Waals surface area contributed by atoms with Gasteiger partial charge in [-0.3, -0.25) is 14.6 Å². The summed E-state index contributed by atoms with van der Waals surface area (Å²) < 4.78 is 33.4. The smallest absolute Gasteiger partial charge is 0.252 e. The minimum atomic E-state index is -0.698. The van der Waals surface area contributed by atoms with Crippen LogP contribution in [0.2, 0.25) is 0 Å². The van der Waals surface area contributed by atoms with Gasteiger partial charge in [-0.05, 0) is 42.2 Å². The van der Waals surface area contributed by atoms with Gasteiger partial charge >= 0.3 is 0 Å². The number of carbonyl (C=O) groups is 2. The molecule has 0 saturated carbocycles. The molecule has 0 radical (unpaired) electrons. The molecule has 3 N–H and O–H groups in total. The van der Waals surface area contributed by atoms with Crippen LogP contribution in [-0.2, 0) is 28.9 Å². The summed E-state index contributed by atoms with van der Waals surface area (Å²) in [7, 11) is 1.70. The summed E-state index contributed by atoms with van der Waals surface area (Å²) in [6, 6.07) is 13.0. The number of methoxy groups -OCH3 is 1. The Morgan fingerprint density at radius 2 is 1.73 bits per heavy atom. The fourth-order valence-corrected chi connectivity index (χ4v) is 4.43. The molecule has 7 nitrogen and oxygen atoms in total. The summed E-state index contributed by atoms with van der Waals surface area (Å²) in [5.74, 6) is -1.95. The molecular weight excluding hydrogens is 478 g/mol. The Bertz CT molecular complexity index is 1240. The largest absolute Gasteiger partial charge is 0.381 e. The second-order valence-corrected chi connectivity index (χ2v) is 9.13. The van der Waals surface area contributed by atoms with Crippen molar-refractivity contribution in [3.8, 4) is 0 Å². The van der Waals surface area contributed by atoms with Crippen LogP contribution in [0.25, 0.3) is 0 Å². The molecule has 1 aliphatic rings. The van der Waals surface area contributed by atoms with Crippen LogP contribution in [-0.4, -0.2) is 48.0 Å². The number of hydrogen-bond donors (Lipinski definition) is 2. The number of amides is 2. The summed E-state index contributed by atoms with van der Waals surface area (Å²) in [5.41, 5.74) is 8.34. The first kappa shape index (κ1) is 26.2. The molecule has 37 heavy (non-hydrogen) atoms. The number of primary amides is 1. The molecule has 0 atom stereocenters. The van der Waals surface area contributed by atoms with Gasteiger partial charge in [-0.2, -0.15) is 0 Å². The van der Waals surface area contributed by atoms with Gasteiger partial charge in [0.05, 0.1) is 23.8 Å². The molecule has 4 rings (SSSR count). The molecule has 0 unspecified atom stereocenters. The minimum Gasteiger partial charge on any atom is -0.381 e. The van der Waals surface area contributed by atoms with Gasteiger partial charge in [0, 0.05) is 50.6 Å². The average molecular weight is 509 g/mol. The average Bonchev–Trinajstić information content (AvgIpc) is 2.89. The van der Waals surface area contributed by atoms with Crippen LogP contribution < -0.4 is 11.1 Å².